The summed E-state index contributed by atoms with van der Waals surface area (Å²) in [6.07, 6.45) is 1.59. The van der Waals surface area contributed by atoms with Crippen molar-refractivity contribution in [1.82, 2.24) is 4.98 Å². The highest BCUT2D eigenvalue weighted by Crippen LogP contribution is 2.20. The molecular weight excluding hydrogens is 326 g/mol. The summed E-state index contributed by atoms with van der Waals surface area (Å²) in [6, 6.07) is 17.2. The molecule has 0 bridgehead atoms. The summed E-state index contributed by atoms with van der Waals surface area (Å²) < 4.78 is 5.79. The van der Waals surface area contributed by atoms with E-state index in [-0.39, 0.29) is 11.7 Å². The van der Waals surface area contributed by atoms with E-state index < -0.39 is 0 Å². The third kappa shape index (κ3) is 4.19. The molecule has 5 heteroatoms. The summed E-state index contributed by atoms with van der Waals surface area (Å²) in [7, 11) is 0. The normalized spacial score (nSPS) is 10.4. The predicted octanol–water partition coefficient (Wildman–Crippen LogP) is 4.11. The summed E-state index contributed by atoms with van der Waals surface area (Å²) in [6.45, 7) is 4.38. The monoisotopic (exact) mass is 347 g/mol. The van der Waals surface area contributed by atoms with Crippen molar-refractivity contribution >= 4 is 17.4 Å². The molecule has 2 aromatic carbocycles. The first-order valence-corrected chi connectivity index (χ1v) is 8.34. The molecule has 0 radical (unpaired) electrons. The van der Waals surface area contributed by atoms with Gasteiger partial charge in [-0.25, -0.2) is 4.98 Å². The molecule has 0 aliphatic heterocycles. The van der Waals surface area contributed by atoms with E-state index in [4.69, 9.17) is 10.5 Å². The molecule has 0 saturated heterocycles. The molecule has 5 nitrogen and oxygen atoms in total. The largest absolute Gasteiger partial charge is 0.489 e. The van der Waals surface area contributed by atoms with Crippen LogP contribution in [0.3, 0.4) is 0 Å². The number of hydrogen-bond acceptors (Lipinski definition) is 4. The van der Waals surface area contributed by atoms with Crippen LogP contribution in [0, 0.1) is 13.8 Å². The van der Waals surface area contributed by atoms with Crippen molar-refractivity contribution in [2.24, 2.45) is 0 Å². The second-order valence-corrected chi connectivity index (χ2v) is 6.14. The lowest BCUT2D eigenvalue weighted by Crippen LogP contribution is -2.16. The van der Waals surface area contributed by atoms with Gasteiger partial charge in [-0.1, -0.05) is 29.8 Å². The third-order valence-corrected chi connectivity index (χ3v) is 4.02. The number of pyridine rings is 1. The molecule has 3 rings (SSSR count). The smallest absolute Gasteiger partial charge is 0.259 e. The van der Waals surface area contributed by atoms with Crippen LogP contribution in [0.5, 0.6) is 5.75 Å². The number of carbonyl (C=O) groups excluding carboxylic acids is 1. The fourth-order valence-electron chi connectivity index (χ4n) is 2.67. The first-order valence-electron chi connectivity index (χ1n) is 8.34. The van der Waals surface area contributed by atoms with Gasteiger partial charge in [-0.05, 0) is 55.3 Å². The number of aryl methyl sites for hydroxylation is 2. The SMILES string of the molecule is Cc1cccc(COc2ccc(NC(=O)c3c(C)ccnc3N)cc2)c1. The summed E-state index contributed by atoms with van der Waals surface area (Å²) in [5.41, 5.74) is 9.98. The maximum atomic E-state index is 12.4. The van der Waals surface area contributed by atoms with E-state index in [0.717, 1.165) is 16.9 Å². The zero-order chi connectivity index (χ0) is 18.5. The summed E-state index contributed by atoms with van der Waals surface area (Å²) in [5.74, 6) is 0.684. The molecule has 26 heavy (non-hydrogen) atoms. The average Bonchev–Trinajstić information content (AvgIpc) is 2.61. The van der Waals surface area contributed by atoms with Crippen LogP contribution in [0.2, 0.25) is 0 Å². The Balaban J connectivity index is 1.63. The van der Waals surface area contributed by atoms with Crippen LogP contribution < -0.4 is 15.8 Å². The van der Waals surface area contributed by atoms with E-state index in [1.807, 2.05) is 31.2 Å². The Morgan fingerprint density at radius 1 is 1.12 bits per heavy atom. The van der Waals surface area contributed by atoms with E-state index in [9.17, 15) is 4.79 Å². The Hall–Kier alpha value is -3.34. The van der Waals surface area contributed by atoms with E-state index in [1.54, 1.807) is 24.4 Å². The Bertz CT molecular complexity index is 901. The Morgan fingerprint density at radius 3 is 2.58 bits per heavy atom. The van der Waals surface area contributed by atoms with E-state index in [1.165, 1.54) is 5.56 Å². The minimum atomic E-state index is -0.276. The quantitative estimate of drug-likeness (QED) is 0.728. The molecular formula is C21H21N3O2. The van der Waals surface area contributed by atoms with Gasteiger partial charge in [0.2, 0.25) is 0 Å². The molecule has 0 unspecified atom stereocenters. The van der Waals surface area contributed by atoms with Crippen LogP contribution in [-0.4, -0.2) is 10.9 Å². The van der Waals surface area contributed by atoms with Crippen molar-refractivity contribution < 1.29 is 9.53 Å². The molecule has 132 valence electrons. The molecule has 0 saturated carbocycles. The van der Waals surface area contributed by atoms with Gasteiger partial charge < -0.3 is 15.8 Å². The van der Waals surface area contributed by atoms with Gasteiger partial charge in [-0.2, -0.15) is 0 Å². The molecule has 1 heterocycles. The van der Waals surface area contributed by atoms with Crippen molar-refractivity contribution in [1.29, 1.82) is 0 Å². The second-order valence-electron chi connectivity index (χ2n) is 6.14. The van der Waals surface area contributed by atoms with Gasteiger partial charge in [-0.3, -0.25) is 4.79 Å². The first kappa shape index (κ1) is 17.5. The molecule has 0 aliphatic rings. The number of benzene rings is 2. The lowest BCUT2D eigenvalue weighted by Gasteiger charge is -2.11. The standard InChI is InChI=1S/C21H21N3O2/c1-14-4-3-5-16(12-14)13-26-18-8-6-17(7-9-18)24-21(25)19-15(2)10-11-23-20(19)22/h3-12H,13H2,1-2H3,(H2,22,23)(H,24,25). The van der Waals surface area contributed by atoms with Crippen LogP contribution in [0.15, 0.2) is 60.8 Å². The van der Waals surface area contributed by atoms with E-state index in [2.05, 4.69) is 29.4 Å². The Morgan fingerprint density at radius 2 is 1.88 bits per heavy atom. The fraction of sp³-hybridized carbons (Fsp3) is 0.143. The number of ether oxygens (including phenoxy) is 1. The Labute approximate surface area is 152 Å². The molecule has 3 N–H and O–H groups in total. The molecule has 0 atom stereocenters. The fourth-order valence-corrected chi connectivity index (χ4v) is 2.67. The number of aromatic nitrogens is 1. The number of nitrogens with zero attached hydrogens (tertiary/aromatic N) is 1. The van der Waals surface area contributed by atoms with Crippen LogP contribution in [0.4, 0.5) is 11.5 Å². The number of anilines is 2. The number of nitrogen functional groups attached to an aromatic ring is 1. The van der Waals surface area contributed by atoms with Gasteiger partial charge in [0.05, 0.1) is 5.56 Å². The van der Waals surface area contributed by atoms with Crippen molar-refractivity contribution in [2.45, 2.75) is 20.5 Å². The zero-order valence-electron chi connectivity index (χ0n) is 14.8. The average molecular weight is 347 g/mol. The lowest BCUT2D eigenvalue weighted by atomic mass is 10.1. The van der Waals surface area contributed by atoms with Crippen molar-refractivity contribution in [3.05, 3.63) is 83.0 Å². The van der Waals surface area contributed by atoms with Gasteiger partial charge in [0, 0.05) is 11.9 Å². The van der Waals surface area contributed by atoms with Gasteiger partial charge in [0.15, 0.2) is 0 Å². The zero-order valence-corrected chi connectivity index (χ0v) is 14.8. The molecule has 0 spiro atoms. The number of hydrogen-bond donors (Lipinski definition) is 2. The number of nitrogens with two attached hydrogens (primary N) is 1. The Kier molecular flexibility index (Phi) is 5.17. The number of rotatable bonds is 5. The van der Waals surface area contributed by atoms with Crippen molar-refractivity contribution in [2.75, 3.05) is 11.1 Å². The molecule has 0 fully saturated rings. The number of nitrogens with one attached hydrogen (secondary N) is 1. The van der Waals surface area contributed by atoms with Crippen LogP contribution in [0.1, 0.15) is 27.0 Å². The second kappa shape index (κ2) is 7.70. The lowest BCUT2D eigenvalue weighted by molar-refractivity contribution is 0.102. The van der Waals surface area contributed by atoms with Gasteiger partial charge >= 0.3 is 0 Å². The maximum Gasteiger partial charge on any atom is 0.259 e. The highest BCUT2D eigenvalue weighted by molar-refractivity contribution is 6.08. The number of amides is 1. The predicted molar refractivity (Wildman–Crippen MR) is 103 cm³/mol. The van der Waals surface area contributed by atoms with Gasteiger partial charge in [0.1, 0.15) is 18.2 Å². The first-order chi connectivity index (χ1) is 12.5. The number of carbonyl (C=O) groups is 1. The molecule has 1 amide bonds. The third-order valence-electron chi connectivity index (χ3n) is 4.02. The summed E-state index contributed by atoms with van der Waals surface area (Å²) >= 11 is 0. The van der Waals surface area contributed by atoms with Crippen molar-refractivity contribution in [3.63, 3.8) is 0 Å². The van der Waals surface area contributed by atoms with Crippen LogP contribution >= 0.6 is 0 Å². The molecule has 0 aliphatic carbocycles. The van der Waals surface area contributed by atoms with Gasteiger partial charge in [-0.15, -0.1) is 0 Å². The van der Waals surface area contributed by atoms with E-state index in [0.29, 0.717) is 17.9 Å². The minimum Gasteiger partial charge on any atom is -0.489 e. The highest BCUT2D eigenvalue weighted by atomic mass is 16.5. The minimum absolute atomic E-state index is 0.223. The van der Waals surface area contributed by atoms with E-state index >= 15 is 0 Å². The topological polar surface area (TPSA) is 77.2 Å². The molecule has 3 aromatic rings. The summed E-state index contributed by atoms with van der Waals surface area (Å²) in [5, 5.41) is 2.83. The molecule has 1 aromatic heterocycles. The highest BCUT2D eigenvalue weighted by Gasteiger charge is 2.13. The van der Waals surface area contributed by atoms with Gasteiger partial charge in [0.25, 0.3) is 5.91 Å². The maximum absolute atomic E-state index is 12.4. The van der Waals surface area contributed by atoms with Crippen LogP contribution in [-0.2, 0) is 6.61 Å². The van der Waals surface area contributed by atoms with Crippen molar-refractivity contribution in [3.8, 4) is 5.75 Å². The van der Waals surface area contributed by atoms with Crippen LogP contribution in [0.25, 0.3) is 0 Å². The summed E-state index contributed by atoms with van der Waals surface area (Å²) in [4.78, 5) is 16.4.